The van der Waals surface area contributed by atoms with Crippen LogP contribution in [0.3, 0.4) is 0 Å². The molecule has 0 bridgehead atoms. The minimum atomic E-state index is -3.74. The summed E-state index contributed by atoms with van der Waals surface area (Å²) in [5.74, 6) is 0.461. The van der Waals surface area contributed by atoms with E-state index in [-0.39, 0.29) is 17.3 Å². The van der Waals surface area contributed by atoms with E-state index in [9.17, 15) is 13.2 Å². The Kier molecular flexibility index (Phi) is 7.21. The molecule has 0 unspecified atom stereocenters. The molecule has 0 fully saturated rings. The zero-order valence-electron chi connectivity index (χ0n) is 16.7. The number of nitrogens with one attached hydrogen (secondary N) is 1. The molecule has 3 aromatic carbocycles. The van der Waals surface area contributed by atoms with Gasteiger partial charge in [-0.05, 0) is 35.9 Å². The van der Waals surface area contributed by atoms with Gasteiger partial charge in [0.2, 0.25) is 10.0 Å². The van der Waals surface area contributed by atoms with Gasteiger partial charge in [0.15, 0.2) is 0 Å². The second kappa shape index (κ2) is 10.0. The van der Waals surface area contributed by atoms with Gasteiger partial charge in [0.1, 0.15) is 12.4 Å². The maximum atomic E-state index is 12.7. The molecular weight excluding hydrogens is 400 g/mol. The molecule has 6 nitrogen and oxygen atoms in total. The van der Waals surface area contributed by atoms with Gasteiger partial charge in [0.25, 0.3) is 5.91 Å². The molecule has 0 aliphatic heterocycles. The molecule has 0 saturated heterocycles. The number of hydrogen-bond donors (Lipinski definition) is 1. The molecule has 7 heteroatoms. The molecule has 1 amide bonds. The summed E-state index contributed by atoms with van der Waals surface area (Å²) in [5.41, 5.74) is 1.16. The normalized spacial score (nSPS) is 11.1. The van der Waals surface area contributed by atoms with Gasteiger partial charge in [0, 0.05) is 19.2 Å². The Morgan fingerprint density at radius 1 is 0.933 bits per heavy atom. The number of sulfonamides is 1. The number of carbonyl (C=O) groups excluding carboxylic acids is 1. The van der Waals surface area contributed by atoms with Crippen LogP contribution in [0.1, 0.15) is 15.9 Å². The Morgan fingerprint density at radius 2 is 1.60 bits per heavy atom. The Bertz CT molecular complexity index is 1070. The minimum absolute atomic E-state index is 0.0539. The largest absolute Gasteiger partial charge is 0.492 e. The number of para-hydroxylation sites is 1. The standard InChI is InChI=1S/C23H24N2O4S/c1-25(15-16-29-21-12-6-3-7-13-21)23(26)20-11-8-14-22(17-20)30(27,28)24-18-19-9-4-2-5-10-19/h2-14,17,24H,15-16,18H2,1H3. The average Bonchev–Trinajstić information content (AvgIpc) is 2.79. The topological polar surface area (TPSA) is 75.7 Å². The third-order valence-corrected chi connectivity index (χ3v) is 5.88. The van der Waals surface area contributed by atoms with E-state index >= 15 is 0 Å². The fourth-order valence-electron chi connectivity index (χ4n) is 2.79. The molecule has 0 aliphatic carbocycles. The smallest absolute Gasteiger partial charge is 0.253 e. The third kappa shape index (κ3) is 5.92. The molecular formula is C23H24N2O4S. The van der Waals surface area contributed by atoms with Crippen molar-refractivity contribution in [1.82, 2.24) is 9.62 Å². The molecule has 1 N–H and O–H groups in total. The highest BCUT2D eigenvalue weighted by Gasteiger charge is 2.18. The van der Waals surface area contributed by atoms with Crippen LogP contribution in [0.15, 0.2) is 89.8 Å². The molecule has 0 heterocycles. The molecule has 0 atom stereocenters. The van der Waals surface area contributed by atoms with Gasteiger partial charge in [-0.2, -0.15) is 0 Å². The van der Waals surface area contributed by atoms with E-state index in [4.69, 9.17) is 4.74 Å². The van der Waals surface area contributed by atoms with Crippen molar-refractivity contribution in [1.29, 1.82) is 0 Å². The summed E-state index contributed by atoms with van der Waals surface area (Å²) in [6.45, 7) is 0.887. The molecule has 3 rings (SSSR count). The van der Waals surface area contributed by atoms with Gasteiger partial charge in [0.05, 0.1) is 11.4 Å². The number of ether oxygens (including phenoxy) is 1. The summed E-state index contributed by atoms with van der Waals surface area (Å²) in [5, 5.41) is 0. The number of likely N-dealkylation sites (N-methyl/N-ethyl adjacent to an activating group) is 1. The van der Waals surface area contributed by atoms with Crippen molar-refractivity contribution < 1.29 is 17.9 Å². The van der Waals surface area contributed by atoms with E-state index in [1.807, 2.05) is 60.7 Å². The molecule has 0 aromatic heterocycles. The van der Waals surface area contributed by atoms with Crippen molar-refractivity contribution in [3.63, 3.8) is 0 Å². The van der Waals surface area contributed by atoms with Crippen molar-refractivity contribution in [2.45, 2.75) is 11.4 Å². The first-order valence-electron chi connectivity index (χ1n) is 9.53. The average molecular weight is 425 g/mol. The SMILES string of the molecule is CN(CCOc1ccccc1)C(=O)c1cccc(S(=O)(=O)NCc2ccccc2)c1. The van der Waals surface area contributed by atoms with Crippen LogP contribution in [0.5, 0.6) is 5.75 Å². The monoisotopic (exact) mass is 424 g/mol. The predicted octanol–water partition coefficient (Wildman–Crippen LogP) is 3.32. The molecule has 156 valence electrons. The zero-order chi connectivity index (χ0) is 21.4. The van der Waals surface area contributed by atoms with Crippen molar-refractivity contribution in [2.24, 2.45) is 0 Å². The Labute approximate surface area is 177 Å². The van der Waals surface area contributed by atoms with E-state index in [0.717, 1.165) is 11.3 Å². The quantitative estimate of drug-likeness (QED) is 0.572. The predicted molar refractivity (Wildman–Crippen MR) is 116 cm³/mol. The first kappa shape index (κ1) is 21.5. The molecule has 30 heavy (non-hydrogen) atoms. The number of nitrogens with zero attached hydrogens (tertiary/aromatic N) is 1. The van der Waals surface area contributed by atoms with Crippen LogP contribution in [-0.4, -0.2) is 39.4 Å². The highest BCUT2D eigenvalue weighted by Crippen LogP contribution is 2.14. The summed E-state index contributed by atoms with van der Waals surface area (Å²) in [7, 11) is -2.08. The first-order valence-corrected chi connectivity index (χ1v) is 11.0. The van der Waals surface area contributed by atoms with Crippen molar-refractivity contribution in [3.8, 4) is 5.75 Å². The minimum Gasteiger partial charge on any atom is -0.492 e. The molecule has 3 aromatic rings. The zero-order valence-corrected chi connectivity index (χ0v) is 17.5. The van der Waals surface area contributed by atoms with E-state index in [2.05, 4.69) is 4.72 Å². The first-order chi connectivity index (χ1) is 14.5. The van der Waals surface area contributed by atoms with Crippen LogP contribution in [0.2, 0.25) is 0 Å². The highest BCUT2D eigenvalue weighted by molar-refractivity contribution is 7.89. The lowest BCUT2D eigenvalue weighted by atomic mass is 10.2. The van der Waals surface area contributed by atoms with Crippen LogP contribution in [0.25, 0.3) is 0 Å². The van der Waals surface area contributed by atoms with Gasteiger partial charge >= 0.3 is 0 Å². The van der Waals surface area contributed by atoms with E-state index < -0.39 is 10.0 Å². The van der Waals surface area contributed by atoms with Crippen molar-refractivity contribution >= 4 is 15.9 Å². The Morgan fingerprint density at radius 3 is 2.30 bits per heavy atom. The number of amides is 1. The third-order valence-electron chi connectivity index (χ3n) is 4.49. The lowest BCUT2D eigenvalue weighted by Crippen LogP contribution is -2.31. The number of carbonyl (C=O) groups is 1. The van der Waals surface area contributed by atoms with Crippen LogP contribution >= 0.6 is 0 Å². The molecule has 0 spiro atoms. The van der Waals surface area contributed by atoms with Gasteiger partial charge in [-0.1, -0.05) is 54.6 Å². The fourth-order valence-corrected chi connectivity index (χ4v) is 3.86. The number of hydrogen-bond acceptors (Lipinski definition) is 4. The maximum Gasteiger partial charge on any atom is 0.253 e. The number of benzene rings is 3. The molecule has 0 radical (unpaired) electrons. The lowest BCUT2D eigenvalue weighted by molar-refractivity contribution is 0.0773. The van der Waals surface area contributed by atoms with Crippen LogP contribution < -0.4 is 9.46 Å². The molecule has 0 aliphatic rings. The fraction of sp³-hybridized carbons (Fsp3) is 0.174. The van der Waals surface area contributed by atoms with E-state index in [0.29, 0.717) is 18.7 Å². The van der Waals surface area contributed by atoms with Crippen LogP contribution in [-0.2, 0) is 16.6 Å². The van der Waals surface area contributed by atoms with E-state index in [1.165, 1.54) is 17.0 Å². The summed E-state index contributed by atoms with van der Waals surface area (Å²) >= 11 is 0. The molecule has 0 saturated carbocycles. The lowest BCUT2D eigenvalue weighted by Gasteiger charge is -2.18. The van der Waals surface area contributed by atoms with Gasteiger partial charge in [-0.3, -0.25) is 4.79 Å². The summed E-state index contributed by atoms with van der Waals surface area (Å²) in [6.07, 6.45) is 0. The second-order valence-electron chi connectivity index (χ2n) is 6.73. The highest BCUT2D eigenvalue weighted by atomic mass is 32.2. The van der Waals surface area contributed by atoms with Gasteiger partial charge in [-0.25, -0.2) is 13.1 Å². The Balaban J connectivity index is 1.61. The van der Waals surface area contributed by atoms with Crippen molar-refractivity contribution in [3.05, 3.63) is 96.1 Å². The van der Waals surface area contributed by atoms with Gasteiger partial charge in [-0.15, -0.1) is 0 Å². The second-order valence-corrected chi connectivity index (χ2v) is 8.49. The maximum absolute atomic E-state index is 12.7. The van der Waals surface area contributed by atoms with E-state index in [1.54, 1.807) is 19.2 Å². The number of rotatable bonds is 9. The van der Waals surface area contributed by atoms with Crippen LogP contribution in [0, 0.1) is 0 Å². The summed E-state index contributed by atoms with van der Waals surface area (Å²) < 4.78 is 33.4. The van der Waals surface area contributed by atoms with Crippen LogP contribution in [0.4, 0.5) is 0 Å². The van der Waals surface area contributed by atoms with Crippen molar-refractivity contribution in [2.75, 3.05) is 20.2 Å². The Hall–Kier alpha value is -3.16. The summed E-state index contributed by atoms with van der Waals surface area (Å²) in [4.78, 5) is 14.3. The summed E-state index contributed by atoms with van der Waals surface area (Å²) in [6, 6.07) is 24.6. The van der Waals surface area contributed by atoms with Gasteiger partial charge < -0.3 is 9.64 Å².